The minimum absolute atomic E-state index is 0.00396. The maximum atomic E-state index is 13.4. The Hall–Kier alpha value is -4.04. The van der Waals surface area contributed by atoms with E-state index in [1.165, 1.54) is 28.6 Å². The van der Waals surface area contributed by atoms with Crippen LogP contribution in [0.3, 0.4) is 0 Å². The number of carbonyl (C=O) groups excluding carboxylic acids is 2. The Morgan fingerprint density at radius 1 is 1.11 bits per heavy atom. The lowest BCUT2D eigenvalue weighted by molar-refractivity contribution is -0.132. The van der Waals surface area contributed by atoms with Gasteiger partial charge in [-0.3, -0.25) is 19.5 Å². The quantitative estimate of drug-likeness (QED) is 0.223. The van der Waals surface area contributed by atoms with Crippen molar-refractivity contribution >= 4 is 44.1 Å². The summed E-state index contributed by atoms with van der Waals surface area (Å²) in [5, 5.41) is 11.6. The summed E-state index contributed by atoms with van der Waals surface area (Å²) in [7, 11) is 0. The summed E-state index contributed by atoms with van der Waals surface area (Å²) in [6, 6.07) is 15.4. The summed E-state index contributed by atoms with van der Waals surface area (Å²) in [4.78, 5) is 36.7. The molecular formula is C27H23N3O4S. The van der Waals surface area contributed by atoms with Crippen molar-refractivity contribution in [2.75, 3.05) is 11.5 Å². The van der Waals surface area contributed by atoms with Gasteiger partial charge in [-0.1, -0.05) is 36.5 Å². The molecule has 35 heavy (non-hydrogen) atoms. The average Bonchev–Trinajstić information content (AvgIpc) is 3.40. The summed E-state index contributed by atoms with van der Waals surface area (Å²) in [5.41, 5.74) is 2.87. The zero-order chi connectivity index (χ0) is 24.5. The fraction of sp³-hybridized carbons (Fsp3) is 0.185. The number of fused-ring (bicyclic) bond motifs is 1. The Balaban J connectivity index is 1.70. The largest absolute Gasteiger partial charge is 0.507 e. The van der Waals surface area contributed by atoms with Gasteiger partial charge in [-0.2, -0.15) is 0 Å². The molecule has 1 fully saturated rings. The number of pyridine rings is 1. The fourth-order valence-electron chi connectivity index (χ4n) is 4.13. The summed E-state index contributed by atoms with van der Waals surface area (Å²) in [6.07, 6.45) is 3.89. The second-order valence-electron chi connectivity index (χ2n) is 8.29. The first-order valence-electron chi connectivity index (χ1n) is 11.3. The van der Waals surface area contributed by atoms with Crippen molar-refractivity contribution in [2.24, 2.45) is 0 Å². The van der Waals surface area contributed by atoms with E-state index in [9.17, 15) is 14.7 Å². The monoisotopic (exact) mass is 485 g/mol. The van der Waals surface area contributed by atoms with Gasteiger partial charge in [0.1, 0.15) is 11.5 Å². The van der Waals surface area contributed by atoms with Gasteiger partial charge in [-0.05, 0) is 60.9 Å². The zero-order valence-corrected chi connectivity index (χ0v) is 20.1. The highest BCUT2D eigenvalue weighted by atomic mass is 32.1. The molecule has 3 heterocycles. The van der Waals surface area contributed by atoms with Crippen molar-refractivity contribution in [3.8, 4) is 5.75 Å². The van der Waals surface area contributed by atoms with Crippen LogP contribution >= 0.6 is 11.3 Å². The lowest BCUT2D eigenvalue weighted by Gasteiger charge is -2.23. The van der Waals surface area contributed by atoms with Gasteiger partial charge >= 0.3 is 5.91 Å². The van der Waals surface area contributed by atoms with E-state index in [1.807, 2.05) is 50.2 Å². The van der Waals surface area contributed by atoms with E-state index >= 15 is 0 Å². The average molecular weight is 486 g/mol. The molecule has 1 unspecified atom stereocenters. The molecule has 2 aromatic carbocycles. The molecule has 0 bridgehead atoms. The highest BCUT2D eigenvalue weighted by molar-refractivity contribution is 7.22. The highest BCUT2D eigenvalue weighted by Crippen LogP contribution is 2.44. The maximum Gasteiger partial charge on any atom is 0.301 e. The molecule has 4 aromatic rings. The fourth-order valence-corrected chi connectivity index (χ4v) is 5.22. The number of rotatable bonds is 6. The van der Waals surface area contributed by atoms with E-state index in [-0.39, 0.29) is 11.3 Å². The number of nitrogens with zero attached hydrogens (tertiary/aromatic N) is 3. The van der Waals surface area contributed by atoms with Gasteiger partial charge in [0.15, 0.2) is 5.13 Å². The molecule has 0 aliphatic carbocycles. The van der Waals surface area contributed by atoms with Gasteiger partial charge in [0.05, 0.1) is 28.4 Å². The Labute approximate surface area is 206 Å². The van der Waals surface area contributed by atoms with E-state index in [0.29, 0.717) is 28.6 Å². The summed E-state index contributed by atoms with van der Waals surface area (Å²) in [6.45, 7) is 4.54. The summed E-state index contributed by atoms with van der Waals surface area (Å²) < 4.78 is 6.72. The van der Waals surface area contributed by atoms with E-state index in [0.717, 1.165) is 22.2 Å². The van der Waals surface area contributed by atoms with Gasteiger partial charge in [0.2, 0.25) is 0 Å². The number of aryl methyl sites for hydroxylation is 1. The topological polar surface area (TPSA) is 92.6 Å². The molecule has 1 aliphatic rings. The first-order valence-corrected chi connectivity index (χ1v) is 12.1. The molecule has 7 nitrogen and oxygen atoms in total. The smallest absolute Gasteiger partial charge is 0.301 e. The van der Waals surface area contributed by atoms with Crippen LogP contribution in [-0.2, 0) is 9.59 Å². The number of aromatic nitrogens is 2. The predicted octanol–water partition coefficient (Wildman–Crippen LogP) is 5.41. The molecule has 0 radical (unpaired) electrons. The molecular weight excluding hydrogens is 462 g/mol. The minimum atomic E-state index is -0.866. The molecule has 0 saturated carbocycles. The predicted molar refractivity (Wildman–Crippen MR) is 136 cm³/mol. The highest BCUT2D eigenvalue weighted by Gasteiger charge is 2.48. The van der Waals surface area contributed by atoms with Crippen LogP contribution in [-0.4, -0.2) is 33.4 Å². The van der Waals surface area contributed by atoms with Crippen LogP contribution in [0.4, 0.5) is 5.13 Å². The summed E-state index contributed by atoms with van der Waals surface area (Å²) in [5.74, 6) is -1.13. The lowest BCUT2D eigenvalue weighted by Crippen LogP contribution is -2.29. The molecule has 1 atom stereocenters. The van der Waals surface area contributed by atoms with Crippen molar-refractivity contribution in [1.82, 2.24) is 9.97 Å². The number of aliphatic hydroxyl groups excluding tert-OH is 1. The third-order valence-corrected chi connectivity index (χ3v) is 6.80. The Morgan fingerprint density at radius 2 is 1.91 bits per heavy atom. The number of ether oxygens (including phenoxy) is 1. The van der Waals surface area contributed by atoms with Crippen molar-refractivity contribution in [2.45, 2.75) is 26.3 Å². The molecule has 176 valence electrons. The number of aliphatic hydroxyl groups is 1. The van der Waals surface area contributed by atoms with Crippen LogP contribution in [0.15, 0.2) is 72.6 Å². The van der Waals surface area contributed by atoms with E-state index in [4.69, 9.17) is 4.74 Å². The van der Waals surface area contributed by atoms with Crippen LogP contribution in [0.5, 0.6) is 5.75 Å². The van der Waals surface area contributed by atoms with Crippen LogP contribution in [0, 0.1) is 6.92 Å². The standard InChI is InChI=1S/C27H23N3O4S/c1-3-13-34-19-6-4-5-18(15-19)23-22(24(31)17-9-11-28-12-10-17)25(32)26(33)30(23)27-29-20-8-7-16(2)14-21(20)35-27/h4-12,14-15,23,31H,3,13H2,1-2H3. The molecule has 1 aliphatic heterocycles. The number of hydrogen-bond acceptors (Lipinski definition) is 7. The van der Waals surface area contributed by atoms with Gasteiger partial charge in [0, 0.05) is 18.0 Å². The maximum absolute atomic E-state index is 13.4. The summed E-state index contributed by atoms with van der Waals surface area (Å²) >= 11 is 1.34. The number of amides is 1. The van der Waals surface area contributed by atoms with Crippen LogP contribution in [0.2, 0.25) is 0 Å². The second kappa shape index (κ2) is 9.31. The van der Waals surface area contributed by atoms with Crippen LogP contribution < -0.4 is 9.64 Å². The normalized spacial score (nSPS) is 17.3. The number of hydrogen-bond donors (Lipinski definition) is 1. The molecule has 2 aromatic heterocycles. The van der Waals surface area contributed by atoms with Gasteiger partial charge in [-0.15, -0.1) is 0 Å². The lowest BCUT2D eigenvalue weighted by atomic mass is 9.95. The molecule has 8 heteroatoms. The van der Waals surface area contributed by atoms with Crippen LogP contribution in [0.1, 0.15) is 36.1 Å². The molecule has 1 saturated heterocycles. The SMILES string of the molecule is CCCOc1cccc(C2C(=C(O)c3ccncc3)C(=O)C(=O)N2c2nc3ccc(C)cc3s2)c1. The molecule has 1 amide bonds. The Morgan fingerprint density at radius 3 is 2.69 bits per heavy atom. The third-order valence-electron chi connectivity index (χ3n) is 5.78. The number of anilines is 1. The van der Waals surface area contributed by atoms with Crippen molar-refractivity contribution in [3.05, 3.63) is 89.3 Å². The zero-order valence-electron chi connectivity index (χ0n) is 19.3. The van der Waals surface area contributed by atoms with Crippen LogP contribution in [0.25, 0.3) is 16.0 Å². The molecule has 0 spiro atoms. The molecule has 1 N–H and O–H groups in total. The Bertz CT molecular complexity index is 1460. The van der Waals surface area contributed by atoms with Gasteiger partial charge < -0.3 is 9.84 Å². The van der Waals surface area contributed by atoms with Gasteiger partial charge in [0.25, 0.3) is 5.78 Å². The van der Waals surface area contributed by atoms with E-state index in [1.54, 1.807) is 18.2 Å². The number of Topliss-reactive ketones (excluding diaryl/α,β-unsaturated/α-hetero) is 1. The van der Waals surface area contributed by atoms with Crippen molar-refractivity contribution in [1.29, 1.82) is 0 Å². The van der Waals surface area contributed by atoms with E-state index in [2.05, 4.69) is 9.97 Å². The third kappa shape index (κ3) is 4.17. The first-order chi connectivity index (χ1) is 17.0. The number of benzene rings is 2. The number of ketones is 1. The first kappa shape index (κ1) is 22.7. The minimum Gasteiger partial charge on any atom is -0.507 e. The molecule has 5 rings (SSSR count). The number of carbonyl (C=O) groups is 2. The van der Waals surface area contributed by atoms with Crippen molar-refractivity contribution < 1.29 is 19.4 Å². The Kier molecular flexibility index (Phi) is 6.05. The number of thiazole rings is 1. The van der Waals surface area contributed by atoms with E-state index < -0.39 is 17.7 Å². The second-order valence-corrected chi connectivity index (χ2v) is 9.30. The van der Waals surface area contributed by atoms with Gasteiger partial charge in [-0.25, -0.2) is 4.98 Å². The van der Waals surface area contributed by atoms with Crippen molar-refractivity contribution in [3.63, 3.8) is 0 Å².